The first kappa shape index (κ1) is 15.4. The van der Waals surface area contributed by atoms with Gasteiger partial charge >= 0.3 is 0 Å². The lowest BCUT2D eigenvalue weighted by Crippen LogP contribution is -2.15. The van der Waals surface area contributed by atoms with Gasteiger partial charge in [0.2, 0.25) is 0 Å². The normalized spacial score (nSPS) is 11.3. The highest BCUT2D eigenvalue weighted by molar-refractivity contribution is 9.10. The Morgan fingerprint density at radius 2 is 1.95 bits per heavy atom. The molecule has 1 aromatic carbocycles. The van der Waals surface area contributed by atoms with Crippen molar-refractivity contribution in [2.45, 2.75) is 4.90 Å². The number of hydrogen-bond donors (Lipinski definition) is 2. The van der Waals surface area contributed by atoms with Gasteiger partial charge in [0.1, 0.15) is 10.0 Å². The highest BCUT2D eigenvalue weighted by Crippen LogP contribution is 2.27. The Morgan fingerprint density at radius 3 is 2.60 bits per heavy atom. The summed E-state index contributed by atoms with van der Waals surface area (Å²) in [6.45, 7) is 0. The average molecular weight is 397 g/mol. The van der Waals surface area contributed by atoms with E-state index in [1.165, 1.54) is 30.5 Å². The van der Waals surface area contributed by atoms with Crippen LogP contribution in [0.5, 0.6) is 0 Å². The molecule has 0 saturated heterocycles. The predicted molar refractivity (Wildman–Crippen MR) is 83.6 cm³/mol. The minimum atomic E-state index is -3.86. The summed E-state index contributed by atoms with van der Waals surface area (Å²) in [6, 6.07) is 5.70. The molecule has 1 aromatic heterocycles. The third-order valence-corrected chi connectivity index (χ3v) is 5.12. The number of nitrogen functional groups attached to an aromatic ring is 1. The maximum absolute atomic E-state index is 12.2. The molecule has 0 aliphatic heterocycles. The molecular formula is C11H8BrCl2N3O2S. The number of anilines is 2. The first-order valence-corrected chi connectivity index (χ1v) is 8.22. The molecule has 9 heteroatoms. The molecule has 0 radical (unpaired) electrons. The predicted octanol–water partition coefficient (Wildman–Crippen LogP) is 3.53. The van der Waals surface area contributed by atoms with Crippen LogP contribution in [0.15, 0.2) is 39.8 Å². The second kappa shape index (κ2) is 5.77. The Labute approximate surface area is 134 Å². The van der Waals surface area contributed by atoms with E-state index in [0.29, 0.717) is 4.47 Å². The summed E-state index contributed by atoms with van der Waals surface area (Å²) in [4.78, 5) is 3.73. The van der Waals surface area contributed by atoms with Crippen molar-refractivity contribution in [3.63, 3.8) is 0 Å². The van der Waals surface area contributed by atoms with Crippen LogP contribution in [0.25, 0.3) is 0 Å². The van der Waals surface area contributed by atoms with Crippen LogP contribution in [0.4, 0.5) is 11.4 Å². The van der Waals surface area contributed by atoms with Gasteiger partial charge in [-0.3, -0.25) is 4.72 Å². The Hall–Kier alpha value is -1.02. The van der Waals surface area contributed by atoms with E-state index in [-0.39, 0.29) is 26.4 Å². The van der Waals surface area contributed by atoms with E-state index >= 15 is 0 Å². The number of nitrogens with one attached hydrogen (secondary N) is 1. The minimum Gasteiger partial charge on any atom is -0.398 e. The van der Waals surface area contributed by atoms with Gasteiger partial charge in [-0.2, -0.15) is 0 Å². The van der Waals surface area contributed by atoms with Gasteiger partial charge in [0.25, 0.3) is 10.0 Å². The summed E-state index contributed by atoms with van der Waals surface area (Å²) in [5, 5.41) is 0.505. The Balaban J connectivity index is 2.40. The number of nitrogens with zero attached hydrogens (tertiary/aromatic N) is 1. The molecular weight excluding hydrogens is 389 g/mol. The fourth-order valence-electron chi connectivity index (χ4n) is 1.43. The van der Waals surface area contributed by atoms with Gasteiger partial charge in [0.15, 0.2) is 0 Å². The number of sulfonamides is 1. The molecule has 2 aromatic rings. The summed E-state index contributed by atoms with van der Waals surface area (Å²) in [7, 11) is -3.86. The van der Waals surface area contributed by atoms with Crippen LogP contribution in [0, 0.1) is 0 Å². The van der Waals surface area contributed by atoms with Gasteiger partial charge in [-0.1, -0.05) is 23.2 Å². The van der Waals surface area contributed by atoms with E-state index in [9.17, 15) is 8.42 Å². The van der Waals surface area contributed by atoms with Crippen molar-refractivity contribution in [2.24, 2.45) is 0 Å². The van der Waals surface area contributed by atoms with E-state index in [1.54, 1.807) is 0 Å². The zero-order chi connectivity index (χ0) is 14.9. The van der Waals surface area contributed by atoms with Crippen LogP contribution in [0.2, 0.25) is 10.2 Å². The molecule has 0 unspecified atom stereocenters. The van der Waals surface area contributed by atoms with Crippen LogP contribution < -0.4 is 10.5 Å². The summed E-state index contributed by atoms with van der Waals surface area (Å²) in [5.41, 5.74) is 6.01. The monoisotopic (exact) mass is 395 g/mol. The molecule has 0 atom stereocenters. The van der Waals surface area contributed by atoms with Gasteiger partial charge < -0.3 is 5.73 Å². The van der Waals surface area contributed by atoms with Crippen molar-refractivity contribution in [3.8, 4) is 0 Å². The molecule has 2 rings (SSSR count). The molecule has 0 aliphatic carbocycles. The number of nitrogens with two attached hydrogens (primary N) is 1. The van der Waals surface area contributed by atoms with Crippen molar-refractivity contribution in [3.05, 3.63) is 45.1 Å². The SMILES string of the molecule is Nc1ccc(Cl)cc1S(=O)(=O)Nc1cnc(Cl)c(Br)c1. The lowest BCUT2D eigenvalue weighted by atomic mass is 10.3. The number of benzene rings is 1. The molecule has 1 heterocycles. The highest BCUT2D eigenvalue weighted by Gasteiger charge is 2.18. The van der Waals surface area contributed by atoms with E-state index in [4.69, 9.17) is 28.9 Å². The second-order valence-corrected chi connectivity index (χ2v) is 7.08. The maximum Gasteiger partial charge on any atom is 0.264 e. The molecule has 0 bridgehead atoms. The topological polar surface area (TPSA) is 85.1 Å². The van der Waals surface area contributed by atoms with Crippen molar-refractivity contribution >= 4 is 60.5 Å². The Morgan fingerprint density at radius 1 is 1.25 bits per heavy atom. The molecule has 3 N–H and O–H groups in total. The molecule has 106 valence electrons. The van der Waals surface area contributed by atoms with Crippen LogP contribution in [-0.2, 0) is 10.0 Å². The van der Waals surface area contributed by atoms with E-state index in [2.05, 4.69) is 25.6 Å². The number of rotatable bonds is 3. The van der Waals surface area contributed by atoms with Crippen LogP contribution in [0.1, 0.15) is 0 Å². The zero-order valence-corrected chi connectivity index (χ0v) is 13.7. The fourth-order valence-corrected chi connectivity index (χ4v) is 3.31. The summed E-state index contributed by atoms with van der Waals surface area (Å²) in [6.07, 6.45) is 1.30. The van der Waals surface area contributed by atoms with E-state index in [1.807, 2.05) is 0 Å². The van der Waals surface area contributed by atoms with E-state index in [0.717, 1.165) is 0 Å². The lowest BCUT2D eigenvalue weighted by molar-refractivity contribution is 0.601. The number of hydrogen-bond acceptors (Lipinski definition) is 4. The van der Waals surface area contributed by atoms with Crippen LogP contribution in [0.3, 0.4) is 0 Å². The van der Waals surface area contributed by atoms with Gasteiger partial charge in [0.05, 0.1) is 22.0 Å². The van der Waals surface area contributed by atoms with Crippen molar-refractivity contribution in [1.82, 2.24) is 4.98 Å². The molecule has 0 saturated carbocycles. The standard InChI is InChI=1S/C11H8BrCl2N3O2S/c12-8-4-7(5-16-11(8)14)17-20(18,19)10-3-6(13)1-2-9(10)15/h1-5,17H,15H2. The maximum atomic E-state index is 12.2. The van der Waals surface area contributed by atoms with Crippen molar-refractivity contribution in [1.29, 1.82) is 0 Å². The Bertz CT molecular complexity index is 768. The van der Waals surface area contributed by atoms with Gasteiger partial charge in [-0.25, -0.2) is 13.4 Å². The van der Waals surface area contributed by atoms with Gasteiger partial charge in [-0.15, -0.1) is 0 Å². The van der Waals surface area contributed by atoms with Crippen LogP contribution >= 0.6 is 39.1 Å². The van der Waals surface area contributed by atoms with Crippen molar-refractivity contribution in [2.75, 3.05) is 10.5 Å². The van der Waals surface area contributed by atoms with E-state index < -0.39 is 10.0 Å². The molecule has 20 heavy (non-hydrogen) atoms. The number of aromatic nitrogens is 1. The second-order valence-electron chi connectivity index (χ2n) is 3.78. The number of halogens is 3. The van der Waals surface area contributed by atoms with Crippen molar-refractivity contribution < 1.29 is 8.42 Å². The summed E-state index contributed by atoms with van der Waals surface area (Å²) < 4.78 is 27.3. The minimum absolute atomic E-state index is 0.0999. The van der Waals surface area contributed by atoms with Gasteiger partial charge in [0, 0.05) is 5.02 Å². The highest BCUT2D eigenvalue weighted by atomic mass is 79.9. The quantitative estimate of drug-likeness (QED) is 0.613. The first-order valence-electron chi connectivity index (χ1n) is 5.18. The molecule has 0 aliphatic rings. The lowest BCUT2D eigenvalue weighted by Gasteiger charge is -2.10. The third-order valence-electron chi connectivity index (χ3n) is 2.31. The zero-order valence-electron chi connectivity index (χ0n) is 9.77. The van der Waals surface area contributed by atoms with Crippen LogP contribution in [-0.4, -0.2) is 13.4 Å². The average Bonchev–Trinajstić information content (AvgIpc) is 2.36. The summed E-state index contributed by atoms with van der Waals surface area (Å²) >= 11 is 14.7. The third kappa shape index (κ3) is 3.35. The summed E-state index contributed by atoms with van der Waals surface area (Å²) in [5.74, 6) is 0. The molecule has 0 amide bonds. The Kier molecular flexibility index (Phi) is 4.43. The smallest absolute Gasteiger partial charge is 0.264 e. The molecule has 0 spiro atoms. The first-order chi connectivity index (χ1) is 9.29. The largest absolute Gasteiger partial charge is 0.398 e. The van der Waals surface area contributed by atoms with Gasteiger partial charge in [-0.05, 0) is 40.2 Å². The number of pyridine rings is 1. The molecule has 5 nitrogen and oxygen atoms in total. The molecule has 0 fully saturated rings. The fraction of sp³-hybridized carbons (Fsp3) is 0.